The van der Waals surface area contributed by atoms with E-state index in [9.17, 15) is 10.1 Å². The Hall–Kier alpha value is -3.93. The summed E-state index contributed by atoms with van der Waals surface area (Å²) in [5.74, 6) is 0. The fourth-order valence-corrected chi connectivity index (χ4v) is 3.85. The van der Waals surface area contributed by atoms with Gasteiger partial charge in [0, 0.05) is 25.0 Å². The fourth-order valence-electron chi connectivity index (χ4n) is 2.93. The van der Waals surface area contributed by atoms with Gasteiger partial charge in [0.1, 0.15) is 6.33 Å². The van der Waals surface area contributed by atoms with Gasteiger partial charge in [0.15, 0.2) is 5.65 Å². The molecule has 0 N–H and O–H groups in total. The lowest BCUT2D eigenvalue weighted by atomic mass is 10.2. The Balaban J connectivity index is 1.62. The molecule has 0 bridgehead atoms. The average Bonchev–Trinajstić information content (AvgIpc) is 3.33. The van der Waals surface area contributed by atoms with Gasteiger partial charge in [-0.25, -0.2) is 9.97 Å². The summed E-state index contributed by atoms with van der Waals surface area (Å²) in [6.07, 6.45) is 6.35. The number of rotatable bonds is 4. The van der Waals surface area contributed by atoms with E-state index in [4.69, 9.17) is 0 Å². The Labute approximate surface area is 166 Å². The fraction of sp³-hybridized carbons (Fsp3) is 0.0588. The van der Waals surface area contributed by atoms with Crippen LogP contribution >= 0.6 is 11.8 Å². The highest BCUT2D eigenvalue weighted by atomic mass is 32.2. The molecule has 0 fully saturated rings. The zero-order chi connectivity index (χ0) is 20.0. The smallest absolute Gasteiger partial charge is 0.275 e. The van der Waals surface area contributed by atoms with Gasteiger partial charge in [-0.15, -0.1) is 10.2 Å². The van der Waals surface area contributed by atoms with Gasteiger partial charge in [0.2, 0.25) is 5.16 Å². The molecule has 29 heavy (non-hydrogen) atoms. The Kier molecular flexibility index (Phi) is 3.91. The van der Waals surface area contributed by atoms with Crippen LogP contribution in [0, 0.1) is 10.1 Å². The van der Waals surface area contributed by atoms with Crippen molar-refractivity contribution in [2.24, 2.45) is 7.05 Å². The van der Waals surface area contributed by atoms with Crippen molar-refractivity contribution in [1.82, 2.24) is 39.6 Å². The first-order valence-electron chi connectivity index (χ1n) is 8.36. The summed E-state index contributed by atoms with van der Waals surface area (Å²) in [5.41, 5.74) is 2.49. The second-order valence-corrected chi connectivity index (χ2v) is 7.11. The highest BCUT2D eigenvalue weighted by Crippen LogP contribution is 2.38. The molecule has 0 unspecified atom stereocenters. The first-order valence-corrected chi connectivity index (χ1v) is 9.18. The van der Waals surface area contributed by atoms with Gasteiger partial charge in [0.25, 0.3) is 5.69 Å². The number of nitrogens with zero attached hydrogens (tertiary/aromatic N) is 9. The molecule has 4 heterocycles. The van der Waals surface area contributed by atoms with Crippen molar-refractivity contribution >= 4 is 34.0 Å². The van der Waals surface area contributed by atoms with Crippen molar-refractivity contribution in [2.75, 3.05) is 0 Å². The van der Waals surface area contributed by atoms with Crippen molar-refractivity contribution in [3.8, 4) is 11.3 Å². The summed E-state index contributed by atoms with van der Waals surface area (Å²) in [7, 11) is 1.82. The number of hydrogen-bond acceptors (Lipinski definition) is 9. The molecule has 0 aliphatic heterocycles. The molecule has 0 aliphatic rings. The maximum Gasteiger partial charge on any atom is 0.294 e. The molecule has 12 heteroatoms. The summed E-state index contributed by atoms with van der Waals surface area (Å²) in [6.45, 7) is 0. The number of nitro benzene ring substituents is 1. The second kappa shape index (κ2) is 6.60. The Morgan fingerprint density at radius 3 is 2.83 bits per heavy atom. The van der Waals surface area contributed by atoms with Crippen molar-refractivity contribution in [1.29, 1.82) is 0 Å². The lowest BCUT2D eigenvalue weighted by Crippen LogP contribution is -1.98. The average molecular weight is 405 g/mol. The third-order valence-corrected chi connectivity index (χ3v) is 5.23. The first-order chi connectivity index (χ1) is 14.1. The largest absolute Gasteiger partial charge is 0.294 e. The minimum absolute atomic E-state index is 0.0757. The zero-order valence-electron chi connectivity index (χ0n) is 14.9. The molecule has 0 radical (unpaired) electrons. The molecule has 4 aromatic heterocycles. The molecular formula is C17H11N9O2S. The topological polar surface area (TPSA) is 130 Å². The Bertz CT molecular complexity index is 1390. The van der Waals surface area contributed by atoms with Gasteiger partial charge in [-0.2, -0.15) is 14.7 Å². The Morgan fingerprint density at radius 2 is 2.03 bits per heavy atom. The third-order valence-electron chi connectivity index (χ3n) is 4.24. The molecule has 0 atom stereocenters. The summed E-state index contributed by atoms with van der Waals surface area (Å²) in [6, 6.07) is 6.97. The van der Waals surface area contributed by atoms with Crippen LogP contribution in [-0.2, 0) is 7.05 Å². The highest BCUT2D eigenvalue weighted by Gasteiger charge is 2.22. The predicted octanol–water partition coefficient (Wildman–Crippen LogP) is 2.53. The maximum absolute atomic E-state index is 11.7. The van der Waals surface area contributed by atoms with Crippen LogP contribution in [0.5, 0.6) is 0 Å². The van der Waals surface area contributed by atoms with E-state index >= 15 is 0 Å². The van der Waals surface area contributed by atoms with Crippen molar-refractivity contribution in [3.63, 3.8) is 0 Å². The number of fused-ring (bicyclic) bond motifs is 2. The van der Waals surface area contributed by atoms with Gasteiger partial charge < -0.3 is 0 Å². The second-order valence-electron chi connectivity index (χ2n) is 6.10. The molecule has 11 nitrogen and oxygen atoms in total. The van der Waals surface area contributed by atoms with Crippen molar-refractivity contribution in [2.45, 2.75) is 10.1 Å². The van der Waals surface area contributed by atoms with E-state index in [1.165, 1.54) is 12.5 Å². The molecular weight excluding hydrogens is 394 g/mol. The summed E-state index contributed by atoms with van der Waals surface area (Å²) >= 11 is 1.11. The minimum atomic E-state index is -0.439. The summed E-state index contributed by atoms with van der Waals surface area (Å²) < 4.78 is 3.24. The van der Waals surface area contributed by atoms with Crippen LogP contribution in [0.1, 0.15) is 0 Å². The molecule has 1 aromatic carbocycles. The molecule has 0 saturated heterocycles. The number of nitro groups is 1. The van der Waals surface area contributed by atoms with E-state index in [1.807, 2.05) is 19.3 Å². The van der Waals surface area contributed by atoms with E-state index in [-0.39, 0.29) is 5.69 Å². The Morgan fingerprint density at radius 1 is 1.14 bits per heavy atom. The van der Waals surface area contributed by atoms with Crippen LogP contribution < -0.4 is 0 Å². The highest BCUT2D eigenvalue weighted by molar-refractivity contribution is 7.99. The van der Waals surface area contributed by atoms with Crippen LogP contribution in [0.3, 0.4) is 0 Å². The SMILES string of the molecule is Cn1cc(-c2ccc3nnc(Sc4ccc5ncncc5c4[N+](=O)[O-])n3n2)cn1. The van der Waals surface area contributed by atoms with Gasteiger partial charge in [-0.3, -0.25) is 14.8 Å². The molecule has 5 aromatic rings. The van der Waals surface area contributed by atoms with Crippen molar-refractivity contribution < 1.29 is 4.92 Å². The standard InChI is InChI=1S/C17H11N9O2S/c1-24-8-10(6-20-24)12-3-5-15-21-22-17(25(15)23-12)29-14-4-2-13-11(7-18-9-19-13)16(14)26(27)28/h2-9H,1H3. The molecule has 0 amide bonds. The van der Waals surface area contributed by atoms with E-state index in [1.54, 1.807) is 33.6 Å². The number of aryl methyl sites for hydroxylation is 1. The molecule has 0 spiro atoms. The molecule has 0 aliphatic carbocycles. The number of hydrogen-bond donors (Lipinski definition) is 0. The molecule has 5 rings (SSSR count). The van der Waals surface area contributed by atoms with E-state index in [0.29, 0.717) is 32.3 Å². The van der Waals surface area contributed by atoms with Gasteiger partial charge in [-0.05, 0) is 36.0 Å². The van der Waals surface area contributed by atoms with Crippen LogP contribution in [0.15, 0.2) is 59.2 Å². The van der Waals surface area contributed by atoms with E-state index < -0.39 is 4.92 Å². The summed E-state index contributed by atoms with van der Waals surface area (Å²) in [5, 5.41) is 29.5. The monoisotopic (exact) mass is 405 g/mol. The lowest BCUT2D eigenvalue weighted by molar-refractivity contribution is -0.385. The predicted molar refractivity (Wildman–Crippen MR) is 103 cm³/mol. The van der Waals surface area contributed by atoms with Crippen LogP contribution in [0.4, 0.5) is 5.69 Å². The number of benzene rings is 1. The summed E-state index contributed by atoms with van der Waals surface area (Å²) in [4.78, 5) is 19.7. The quantitative estimate of drug-likeness (QED) is 0.327. The van der Waals surface area contributed by atoms with Gasteiger partial charge in [0.05, 0.1) is 32.6 Å². The van der Waals surface area contributed by atoms with Gasteiger partial charge >= 0.3 is 0 Å². The van der Waals surface area contributed by atoms with Crippen molar-refractivity contribution in [3.05, 3.63) is 59.3 Å². The van der Waals surface area contributed by atoms with Crippen LogP contribution in [-0.4, -0.2) is 44.5 Å². The maximum atomic E-state index is 11.7. The zero-order valence-corrected chi connectivity index (χ0v) is 15.7. The first kappa shape index (κ1) is 17.2. The van der Waals surface area contributed by atoms with E-state index in [0.717, 1.165) is 17.3 Å². The third kappa shape index (κ3) is 2.95. The minimum Gasteiger partial charge on any atom is -0.275 e. The lowest BCUT2D eigenvalue weighted by Gasteiger charge is -2.05. The molecule has 142 valence electrons. The normalized spacial score (nSPS) is 11.3. The molecule has 0 saturated carbocycles. The van der Waals surface area contributed by atoms with Gasteiger partial charge in [-0.1, -0.05) is 0 Å². The van der Waals surface area contributed by atoms with E-state index in [2.05, 4.69) is 30.4 Å². The number of aromatic nitrogens is 8. The van der Waals surface area contributed by atoms with Crippen LogP contribution in [0.25, 0.3) is 27.8 Å². The van der Waals surface area contributed by atoms with Crippen LogP contribution in [0.2, 0.25) is 0 Å².